The number of hydrogen-bond donors (Lipinski definition) is 2. The first kappa shape index (κ1) is 16.4. The lowest BCUT2D eigenvalue weighted by Gasteiger charge is -2.20. The van der Waals surface area contributed by atoms with Gasteiger partial charge in [-0.3, -0.25) is 0 Å². The molecule has 0 saturated heterocycles. The third kappa shape index (κ3) is 3.81. The quantitative estimate of drug-likeness (QED) is 0.860. The molecule has 0 radical (unpaired) electrons. The van der Waals surface area contributed by atoms with Crippen LogP contribution in [-0.4, -0.2) is 18.8 Å². The van der Waals surface area contributed by atoms with E-state index in [9.17, 15) is 13.9 Å². The fourth-order valence-corrected chi connectivity index (χ4v) is 2.31. The molecule has 0 aliphatic rings. The van der Waals surface area contributed by atoms with Crippen molar-refractivity contribution in [1.82, 2.24) is 5.32 Å². The van der Waals surface area contributed by atoms with Crippen LogP contribution in [0.25, 0.3) is 0 Å². The van der Waals surface area contributed by atoms with Crippen LogP contribution in [0.15, 0.2) is 42.5 Å². The summed E-state index contributed by atoms with van der Waals surface area (Å²) in [5, 5.41) is 13.2. The molecule has 3 nitrogen and oxygen atoms in total. The number of nitrogens with one attached hydrogen (secondary N) is 1. The minimum atomic E-state index is -0.805. The lowest BCUT2D eigenvalue weighted by molar-refractivity contribution is 0.170. The highest BCUT2D eigenvalue weighted by Gasteiger charge is 2.17. The average molecular weight is 307 g/mol. The number of aliphatic hydroxyl groups excluding tert-OH is 1. The fourth-order valence-electron chi connectivity index (χ4n) is 2.31. The first-order valence-electron chi connectivity index (χ1n) is 7.02. The van der Waals surface area contributed by atoms with E-state index in [-0.39, 0.29) is 24.2 Å². The van der Waals surface area contributed by atoms with Crippen molar-refractivity contribution in [3.63, 3.8) is 0 Å². The van der Waals surface area contributed by atoms with Gasteiger partial charge in [-0.15, -0.1) is 0 Å². The second kappa shape index (κ2) is 7.33. The molecule has 22 heavy (non-hydrogen) atoms. The van der Waals surface area contributed by atoms with Gasteiger partial charge < -0.3 is 15.2 Å². The number of benzene rings is 2. The number of methoxy groups -OCH3 is 1. The van der Waals surface area contributed by atoms with Crippen LogP contribution in [0, 0.1) is 11.6 Å². The van der Waals surface area contributed by atoms with Crippen LogP contribution in [0.3, 0.4) is 0 Å². The zero-order valence-corrected chi connectivity index (χ0v) is 12.5. The molecule has 2 N–H and O–H groups in total. The third-order valence-corrected chi connectivity index (χ3v) is 3.54. The van der Waals surface area contributed by atoms with Crippen LogP contribution in [0.4, 0.5) is 8.78 Å². The maximum absolute atomic E-state index is 14.0. The molecule has 0 spiro atoms. The van der Waals surface area contributed by atoms with Gasteiger partial charge in [-0.1, -0.05) is 18.2 Å². The summed E-state index contributed by atoms with van der Waals surface area (Å²) in [6.07, 6.45) is -0.805. The first-order valence-corrected chi connectivity index (χ1v) is 7.02. The Kier molecular flexibility index (Phi) is 5.46. The van der Waals surface area contributed by atoms with Gasteiger partial charge in [-0.05, 0) is 36.8 Å². The molecule has 0 bridgehead atoms. The maximum Gasteiger partial charge on any atom is 0.131 e. The van der Waals surface area contributed by atoms with Crippen molar-refractivity contribution in [3.05, 3.63) is 65.2 Å². The Morgan fingerprint density at radius 2 is 1.82 bits per heavy atom. The predicted octanol–water partition coefficient (Wildman–Crippen LogP) is 3.36. The topological polar surface area (TPSA) is 41.5 Å². The molecule has 0 aliphatic heterocycles. The Balaban J connectivity index is 2.03. The maximum atomic E-state index is 14.0. The van der Waals surface area contributed by atoms with Crippen molar-refractivity contribution in [3.8, 4) is 5.75 Å². The van der Waals surface area contributed by atoms with Crippen LogP contribution in [-0.2, 0) is 0 Å². The number of hydrogen-bond acceptors (Lipinski definition) is 3. The second-order valence-electron chi connectivity index (χ2n) is 5.05. The summed E-state index contributed by atoms with van der Waals surface area (Å²) in [5.41, 5.74) is 1.01. The van der Waals surface area contributed by atoms with E-state index in [4.69, 9.17) is 4.74 Å². The van der Waals surface area contributed by atoms with Gasteiger partial charge in [0.05, 0.1) is 13.2 Å². The minimum absolute atomic E-state index is 0.213. The van der Waals surface area contributed by atoms with Gasteiger partial charge in [-0.2, -0.15) is 0 Å². The van der Waals surface area contributed by atoms with E-state index < -0.39 is 6.10 Å². The van der Waals surface area contributed by atoms with Crippen LogP contribution in [0.1, 0.15) is 30.2 Å². The van der Waals surface area contributed by atoms with Crippen LogP contribution < -0.4 is 10.1 Å². The molecular formula is C17H19F2NO2. The van der Waals surface area contributed by atoms with E-state index in [1.165, 1.54) is 37.4 Å². The molecule has 0 aromatic heterocycles. The van der Waals surface area contributed by atoms with Crippen LogP contribution in [0.2, 0.25) is 0 Å². The highest BCUT2D eigenvalue weighted by molar-refractivity contribution is 5.37. The van der Waals surface area contributed by atoms with Crippen molar-refractivity contribution in [2.75, 3.05) is 13.7 Å². The molecule has 2 rings (SSSR count). The largest absolute Gasteiger partial charge is 0.496 e. The Morgan fingerprint density at radius 1 is 1.14 bits per heavy atom. The van der Waals surface area contributed by atoms with Gasteiger partial charge in [0.2, 0.25) is 0 Å². The van der Waals surface area contributed by atoms with Gasteiger partial charge in [0.25, 0.3) is 0 Å². The van der Waals surface area contributed by atoms with E-state index in [0.717, 1.165) is 0 Å². The summed E-state index contributed by atoms with van der Waals surface area (Å²) in [7, 11) is 1.48. The summed E-state index contributed by atoms with van der Waals surface area (Å²) in [6, 6.07) is 9.93. The van der Waals surface area contributed by atoms with Crippen molar-refractivity contribution in [1.29, 1.82) is 0 Å². The molecule has 118 valence electrons. The first-order chi connectivity index (χ1) is 10.5. The summed E-state index contributed by atoms with van der Waals surface area (Å²) in [5.74, 6) is -0.264. The standard InChI is InChI=1S/C17H19F2NO2/c1-11(17-14(19)4-3-5-16(17)22-2)20-10-15(21)12-6-8-13(18)9-7-12/h3-9,11,15,20-21H,10H2,1-2H3. The molecule has 0 aliphatic carbocycles. The lowest BCUT2D eigenvalue weighted by atomic mass is 10.0. The second-order valence-corrected chi connectivity index (χ2v) is 5.05. The zero-order valence-electron chi connectivity index (χ0n) is 12.5. The Labute approximate surface area is 128 Å². The molecule has 2 aromatic rings. The fraction of sp³-hybridized carbons (Fsp3) is 0.294. The summed E-state index contributed by atoms with van der Waals surface area (Å²) < 4.78 is 32.0. The van der Waals surface area contributed by atoms with Crippen LogP contribution >= 0.6 is 0 Å². The molecular weight excluding hydrogens is 288 g/mol. The van der Waals surface area contributed by atoms with Gasteiger partial charge >= 0.3 is 0 Å². The molecule has 5 heteroatoms. The van der Waals surface area contributed by atoms with E-state index in [1.54, 1.807) is 19.1 Å². The van der Waals surface area contributed by atoms with Crippen molar-refractivity contribution in [2.24, 2.45) is 0 Å². The lowest BCUT2D eigenvalue weighted by Crippen LogP contribution is -2.25. The molecule has 0 heterocycles. The number of halogens is 2. The van der Waals surface area contributed by atoms with E-state index in [1.807, 2.05) is 0 Å². The molecule has 2 unspecified atom stereocenters. The normalized spacial score (nSPS) is 13.7. The average Bonchev–Trinajstić information content (AvgIpc) is 2.52. The molecule has 0 fully saturated rings. The van der Waals surface area contributed by atoms with Gasteiger partial charge in [-0.25, -0.2) is 8.78 Å². The van der Waals surface area contributed by atoms with E-state index >= 15 is 0 Å². The molecule has 0 saturated carbocycles. The predicted molar refractivity (Wildman–Crippen MR) is 80.7 cm³/mol. The summed E-state index contributed by atoms with van der Waals surface area (Å²) in [6.45, 7) is 2.00. The monoisotopic (exact) mass is 307 g/mol. The summed E-state index contributed by atoms with van der Waals surface area (Å²) in [4.78, 5) is 0. The molecule has 2 aromatic carbocycles. The van der Waals surface area contributed by atoms with Crippen molar-refractivity contribution < 1.29 is 18.6 Å². The third-order valence-electron chi connectivity index (χ3n) is 3.54. The van der Waals surface area contributed by atoms with Gasteiger partial charge in [0.15, 0.2) is 0 Å². The Bertz CT molecular complexity index is 617. The number of rotatable bonds is 6. The zero-order chi connectivity index (χ0) is 16.1. The highest BCUT2D eigenvalue weighted by Crippen LogP contribution is 2.28. The van der Waals surface area contributed by atoms with Crippen molar-refractivity contribution >= 4 is 0 Å². The summed E-state index contributed by atoms with van der Waals surface area (Å²) >= 11 is 0. The molecule has 2 atom stereocenters. The van der Waals surface area contributed by atoms with Gasteiger partial charge in [0.1, 0.15) is 17.4 Å². The van der Waals surface area contributed by atoms with Gasteiger partial charge in [0, 0.05) is 18.2 Å². The van der Waals surface area contributed by atoms with E-state index in [2.05, 4.69) is 5.32 Å². The minimum Gasteiger partial charge on any atom is -0.496 e. The number of ether oxygens (including phenoxy) is 1. The number of aliphatic hydroxyl groups is 1. The molecule has 0 amide bonds. The smallest absolute Gasteiger partial charge is 0.131 e. The SMILES string of the molecule is COc1cccc(F)c1C(C)NCC(O)c1ccc(F)cc1. The Morgan fingerprint density at radius 3 is 2.45 bits per heavy atom. The highest BCUT2D eigenvalue weighted by atomic mass is 19.1. The van der Waals surface area contributed by atoms with Crippen LogP contribution in [0.5, 0.6) is 5.75 Å². The Hall–Kier alpha value is -1.98. The van der Waals surface area contributed by atoms with E-state index in [0.29, 0.717) is 16.9 Å². The van der Waals surface area contributed by atoms with Crippen molar-refractivity contribution in [2.45, 2.75) is 19.1 Å².